The molecule has 5 heteroatoms. The zero-order valence-electron chi connectivity index (χ0n) is 13.0. The van der Waals surface area contributed by atoms with Crippen LogP contribution in [0.15, 0.2) is 18.6 Å². The Bertz CT molecular complexity index is 591. The molecule has 1 atom stereocenters. The highest BCUT2D eigenvalue weighted by Crippen LogP contribution is 2.28. The van der Waals surface area contributed by atoms with Crippen LogP contribution in [-0.4, -0.2) is 40.2 Å². The van der Waals surface area contributed by atoms with Crippen LogP contribution in [0.25, 0.3) is 11.0 Å². The lowest BCUT2D eigenvalue weighted by Gasteiger charge is -2.37. The van der Waals surface area contributed by atoms with E-state index in [0.717, 1.165) is 36.5 Å². The number of piperidine rings is 1. The molecule has 0 saturated carbocycles. The molecule has 2 aromatic heterocycles. The van der Waals surface area contributed by atoms with Crippen molar-refractivity contribution >= 4 is 16.9 Å². The number of hydrogen-bond acceptors (Lipinski definition) is 4. The average molecular weight is 287 g/mol. The van der Waals surface area contributed by atoms with E-state index in [0.29, 0.717) is 6.04 Å². The number of aromatic nitrogens is 3. The third-order valence-corrected chi connectivity index (χ3v) is 4.33. The molecule has 0 bridgehead atoms. The number of nitrogens with zero attached hydrogens (tertiary/aromatic N) is 4. The molecule has 3 heterocycles. The molecule has 2 aromatic rings. The molecule has 1 saturated heterocycles. The Balaban J connectivity index is 1.87. The van der Waals surface area contributed by atoms with Gasteiger partial charge in [0.15, 0.2) is 5.82 Å². The molecule has 1 aliphatic rings. The van der Waals surface area contributed by atoms with E-state index in [4.69, 9.17) is 0 Å². The van der Waals surface area contributed by atoms with Gasteiger partial charge in [-0.2, -0.15) is 0 Å². The first-order valence-electron chi connectivity index (χ1n) is 8.04. The van der Waals surface area contributed by atoms with Crippen molar-refractivity contribution in [1.82, 2.24) is 19.9 Å². The summed E-state index contributed by atoms with van der Waals surface area (Å²) in [6.07, 6.45) is 8.76. The van der Waals surface area contributed by atoms with Gasteiger partial charge in [0.1, 0.15) is 5.52 Å². The van der Waals surface area contributed by atoms with Crippen LogP contribution in [0.3, 0.4) is 0 Å². The van der Waals surface area contributed by atoms with Crippen molar-refractivity contribution in [1.29, 1.82) is 0 Å². The zero-order chi connectivity index (χ0) is 14.7. The fraction of sp³-hybridized carbons (Fsp3) is 0.625. The monoisotopic (exact) mass is 287 g/mol. The molecule has 1 fully saturated rings. The van der Waals surface area contributed by atoms with Crippen molar-refractivity contribution in [3.8, 4) is 0 Å². The first-order chi connectivity index (χ1) is 10.3. The summed E-state index contributed by atoms with van der Waals surface area (Å²) in [7, 11) is 2.04. The highest BCUT2D eigenvalue weighted by Gasteiger charge is 2.25. The van der Waals surface area contributed by atoms with Gasteiger partial charge in [-0.15, -0.1) is 0 Å². The molecule has 0 aromatic carbocycles. The number of rotatable bonds is 5. The first kappa shape index (κ1) is 14.3. The Labute approximate surface area is 126 Å². The minimum absolute atomic E-state index is 0.533. The molecule has 0 aliphatic carbocycles. The Hall–Kier alpha value is -1.62. The van der Waals surface area contributed by atoms with E-state index in [1.807, 2.05) is 25.6 Å². The Kier molecular flexibility index (Phi) is 4.39. The van der Waals surface area contributed by atoms with Crippen LogP contribution in [0.2, 0.25) is 0 Å². The van der Waals surface area contributed by atoms with Crippen LogP contribution >= 0.6 is 0 Å². The van der Waals surface area contributed by atoms with E-state index in [1.54, 1.807) is 0 Å². The lowest BCUT2D eigenvalue weighted by atomic mass is 10.0. The fourth-order valence-electron chi connectivity index (χ4n) is 3.20. The summed E-state index contributed by atoms with van der Waals surface area (Å²) in [6, 6.07) is 2.57. The maximum absolute atomic E-state index is 4.64. The molecule has 1 N–H and O–H groups in total. The van der Waals surface area contributed by atoms with E-state index < -0.39 is 0 Å². The van der Waals surface area contributed by atoms with Crippen LogP contribution in [0, 0.1) is 0 Å². The Morgan fingerprint density at radius 3 is 3.10 bits per heavy atom. The van der Waals surface area contributed by atoms with Gasteiger partial charge >= 0.3 is 0 Å². The lowest BCUT2D eigenvalue weighted by Crippen LogP contribution is -2.46. The van der Waals surface area contributed by atoms with Crippen LogP contribution in [0.5, 0.6) is 0 Å². The molecule has 1 aliphatic heterocycles. The predicted octanol–water partition coefficient (Wildman–Crippen LogP) is 2.33. The molecule has 1 unspecified atom stereocenters. The number of nitrogens with one attached hydrogen (secondary N) is 1. The van der Waals surface area contributed by atoms with E-state index in [2.05, 4.69) is 31.7 Å². The summed E-state index contributed by atoms with van der Waals surface area (Å²) >= 11 is 0. The van der Waals surface area contributed by atoms with Crippen molar-refractivity contribution in [3.63, 3.8) is 0 Å². The van der Waals surface area contributed by atoms with E-state index in [1.165, 1.54) is 25.7 Å². The van der Waals surface area contributed by atoms with Gasteiger partial charge in [0.2, 0.25) is 0 Å². The molecule has 0 spiro atoms. The van der Waals surface area contributed by atoms with Crippen molar-refractivity contribution in [2.24, 2.45) is 7.05 Å². The van der Waals surface area contributed by atoms with Crippen molar-refractivity contribution in [2.45, 2.75) is 38.6 Å². The van der Waals surface area contributed by atoms with Crippen LogP contribution in [0.4, 0.5) is 5.82 Å². The van der Waals surface area contributed by atoms with E-state index in [-0.39, 0.29) is 0 Å². The number of anilines is 1. The second kappa shape index (κ2) is 6.43. The van der Waals surface area contributed by atoms with E-state index in [9.17, 15) is 0 Å². The number of fused-ring (bicyclic) bond motifs is 1. The number of aryl methyl sites for hydroxylation is 1. The Morgan fingerprint density at radius 2 is 2.24 bits per heavy atom. The smallest absolute Gasteiger partial charge is 0.157 e. The quantitative estimate of drug-likeness (QED) is 0.857. The minimum atomic E-state index is 0.533. The molecule has 0 amide bonds. The summed E-state index contributed by atoms with van der Waals surface area (Å²) in [5, 5.41) is 3.56. The zero-order valence-corrected chi connectivity index (χ0v) is 13.0. The summed E-state index contributed by atoms with van der Waals surface area (Å²) in [4.78, 5) is 11.7. The molecule has 21 heavy (non-hydrogen) atoms. The molecular weight excluding hydrogens is 262 g/mol. The van der Waals surface area contributed by atoms with Gasteiger partial charge in [0.25, 0.3) is 0 Å². The summed E-state index contributed by atoms with van der Waals surface area (Å²) in [6.45, 7) is 5.42. The van der Waals surface area contributed by atoms with E-state index >= 15 is 0 Å². The number of pyridine rings is 1. The third kappa shape index (κ3) is 2.88. The van der Waals surface area contributed by atoms with Gasteiger partial charge in [-0.3, -0.25) is 0 Å². The van der Waals surface area contributed by atoms with Gasteiger partial charge in [-0.1, -0.05) is 6.92 Å². The summed E-state index contributed by atoms with van der Waals surface area (Å²) in [5.74, 6) is 1.05. The largest absolute Gasteiger partial charge is 0.351 e. The summed E-state index contributed by atoms with van der Waals surface area (Å²) < 4.78 is 2.06. The Morgan fingerprint density at radius 1 is 1.33 bits per heavy atom. The van der Waals surface area contributed by atoms with Gasteiger partial charge in [-0.05, 0) is 38.3 Å². The molecule has 5 nitrogen and oxygen atoms in total. The van der Waals surface area contributed by atoms with Gasteiger partial charge in [-0.25, -0.2) is 9.97 Å². The molecule has 3 rings (SSSR count). The van der Waals surface area contributed by atoms with Crippen molar-refractivity contribution < 1.29 is 0 Å². The standard InChI is InChI=1S/C16H25N5/c1-3-8-17-11-13-6-4-5-10-21(13)16-15-14(7-9-18-16)20(2)12-19-15/h7,9,12-13,17H,3-6,8,10-11H2,1-2H3. The predicted molar refractivity (Wildman–Crippen MR) is 86.7 cm³/mol. The average Bonchev–Trinajstić information content (AvgIpc) is 2.90. The second-order valence-electron chi connectivity index (χ2n) is 5.90. The fourth-order valence-corrected chi connectivity index (χ4v) is 3.20. The van der Waals surface area contributed by atoms with Crippen LogP contribution in [0.1, 0.15) is 32.6 Å². The highest BCUT2D eigenvalue weighted by molar-refractivity contribution is 5.86. The maximum Gasteiger partial charge on any atom is 0.157 e. The SMILES string of the molecule is CCCNCC1CCCCN1c1nccc2c1ncn2C. The van der Waals surface area contributed by atoms with Crippen molar-refractivity contribution in [2.75, 3.05) is 24.5 Å². The summed E-state index contributed by atoms with van der Waals surface area (Å²) in [5.41, 5.74) is 2.19. The lowest BCUT2D eigenvalue weighted by molar-refractivity contribution is 0.434. The minimum Gasteiger partial charge on any atom is -0.351 e. The molecule has 0 radical (unpaired) electrons. The highest BCUT2D eigenvalue weighted by atomic mass is 15.2. The van der Waals surface area contributed by atoms with Gasteiger partial charge in [0.05, 0.1) is 11.8 Å². The van der Waals surface area contributed by atoms with Gasteiger partial charge in [0, 0.05) is 32.4 Å². The molecular formula is C16H25N5. The normalized spacial score (nSPS) is 19.3. The van der Waals surface area contributed by atoms with Gasteiger partial charge < -0.3 is 14.8 Å². The topological polar surface area (TPSA) is 46.0 Å². The second-order valence-corrected chi connectivity index (χ2v) is 5.90. The number of hydrogen-bond donors (Lipinski definition) is 1. The van der Waals surface area contributed by atoms with Crippen molar-refractivity contribution in [3.05, 3.63) is 18.6 Å². The first-order valence-corrected chi connectivity index (χ1v) is 8.04. The molecule has 114 valence electrons. The maximum atomic E-state index is 4.64. The number of imidazole rings is 1. The van der Waals surface area contributed by atoms with Crippen LogP contribution in [-0.2, 0) is 7.05 Å². The third-order valence-electron chi connectivity index (χ3n) is 4.33. The van der Waals surface area contributed by atoms with Crippen LogP contribution < -0.4 is 10.2 Å².